The van der Waals surface area contributed by atoms with E-state index in [-0.39, 0.29) is 23.8 Å². The van der Waals surface area contributed by atoms with Gasteiger partial charge in [-0.05, 0) is 81.0 Å². The predicted octanol–water partition coefficient (Wildman–Crippen LogP) is 4.56. The highest BCUT2D eigenvalue weighted by atomic mass is 32.2. The van der Waals surface area contributed by atoms with E-state index in [1.54, 1.807) is 16.7 Å². The van der Waals surface area contributed by atoms with Crippen molar-refractivity contribution in [2.45, 2.75) is 88.0 Å². The minimum absolute atomic E-state index is 0.0730. The van der Waals surface area contributed by atoms with Gasteiger partial charge in [-0.3, -0.25) is 14.4 Å². The summed E-state index contributed by atoms with van der Waals surface area (Å²) in [5.41, 5.74) is -0.427. The highest BCUT2D eigenvalue weighted by Gasteiger charge is 2.72. The van der Waals surface area contributed by atoms with Crippen LogP contribution < -0.4 is 10.6 Å². The number of benzene rings is 1. The van der Waals surface area contributed by atoms with Gasteiger partial charge in [-0.2, -0.15) is 0 Å². The second kappa shape index (κ2) is 12.6. The van der Waals surface area contributed by atoms with Gasteiger partial charge in [0.2, 0.25) is 17.7 Å². The zero-order valence-corrected chi connectivity index (χ0v) is 26.9. The van der Waals surface area contributed by atoms with Gasteiger partial charge in [0, 0.05) is 29.7 Å². The number of amides is 3. The molecule has 1 aliphatic carbocycles. The molecule has 234 valence electrons. The normalized spacial score (nSPS) is 37.0. The van der Waals surface area contributed by atoms with Crippen molar-refractivity contribution in [1.29, 1.82) is 0 Å². The number of hydrogen-bond acceptors (Lipinski definition) is 6. The first-order valence-electron chi connectivity index (χ1n) is 16.4. The molecule has 0 aromatic heterocycles. The molecule has 5 aliphatic rings. The number of thioether (sulfide) groups is 1. The minimum atomic E-state index is -1.13. The average Bonchev–Trinajstić information content (AvgIpc) is 3.63. The number of nitrogens with zero attached hydrogens (tertiary/aromatic N) is 2. The molecule has 8 nitrogen and oxygen atoms in total. The van der Waals surface area contributed by atoms with Gasteiger partial charge >= 0.3 is 0 Å². The summed E-state index contributed by atoms with van der Waals surface area (Å²) in [5.74, 6) is -0.338. The molecule has 9 atom stereocenters. The Balaban J connectivity index is 1.24. The molecule has 3 amide bonds. The topological polar surface area (TPSA) is 91.0 Å². The summed E-state index contributed by atoms with van der Waals surface area (Å²) in [5, 5.41) is 6.42. The van der Waals surface area contributed by atoms with Crippen molar-refractivity contribution in [1.82, 2.24) is 15.1 Å². The second-order valence-corrected chi connectivity index (χ2v) is 14.6. The molecule has 43 heavy (non-hydrogen) atoms. The molecule has 4 aliphatic heterocycles. The van der Waals surface area contributed by atoms with Crippen LogP contribution >= 0.6 is 11.8 Å². The van der Waals surface area contributed by atoms with Crippen LogP contribution in [-0.2, 0) is 19.1 Å². The van der Waals surface area contributed by atoms with Crippen molar-refractivity contribution < 1.29 is 19.1 Å². The van der Waals surface area contributed by atoms with Gasteiger partial charge in [0.05, 0.1) is 17.9 Å². The lowest BCUT2D eigenvalue weighted by Crippen LogP contribution is -2.58. The molecule has 4 heterocycles. The van der Waals surface area contributed by atoms with E-state index in [4.69, 9.17) is 4.74 Å². The van der Waals surface area contributed by atoms with Gasteiger partial charge in [-0.25, -0.2) is 0 Å². The zero-order chi connectivity index (χ0) is 30.3. The quantitative estimate of drug-likeness (QED) is 0.316. The fraction of sp³-hybridized carbons (Fsp3) is 0.676. The van der Waals surface area contributed by atoms with Crippen molar-refractivity contribution in [3.8, 4) is 0 Å². The third-order valence-electron chi connectivity index (χ3n) is 10.9. The molecule has 6 rings (SSSR count). The van der Waals surface area contributed by atoms with Crippen molar-refractivity contribution in [3.63, 3.8) is 0 Å². The molecule has 3 saturated heterocycles. The Morgan fingerprint density at radius 1 is 1.09 bits per heavy atom. The average molecular weight is 609 g/mol. The van der Waals surface area contributed by atoms with Crippen LogP contribution in [0.1, 0.15) is 59.3 Å². The van der Waals surface area contributed by atoms with Crippen LogP contribution in [0.15, 0.2) is 41.3 Å². The third-order valence-corrected chi connectivity index (χ3v) is 11.6. The predicted molar refractivity (Wildman–Crippen MR) is 170 cm³/mol. The van der Waals surface area contributed by atoms with Crippen LogP contribution in [0.4, 0.5) is 5.69 Å². The van der Waals surface area contributed by atoms with E-state index in [0.29, 0.717) is 30.0 Å². The van der Waals surface area contributed by atoms with Gasteiger partial charge in [0.1, 0.15) is 11.6 Å². The molecule has 1 aromatic carbocycles. The lowest BCUT2D eigenvalue weighted by atomic mass is 9.73. The van der Waals surface area contributed by atoms with Crippen molar-refractivity contribution in [3.05, 3.63) is 36.4 Å². The Labute approximate surface area is 260 Å². The van der Waals surface area contributed by atoms with E-state index < -0.39 is 29.6 Å². The summed E-state index contributed by atoms with van der Waals surface area (Å²) < 4.78 is 6.57. The van der Waals surface area contributed by atoms with E-state index >= 15 is 0 Å². The van der Waals surface area contributed by atoms with Crippen LogP contribution in [0, 0.1) is 29.6 Å². The largest absolute Gasteiger partial charge is 0.359 e. The maximum absolute atomic E-state index is 14.3. The van der Waals surface area contributed by atoms with E-state index in [9.17, 15) is 14.4 Å². The van der Waals surface area contributed by atoms with Gasteiger partial charge < -0.3 is 25.2 Å². The number of carbonyl (C=O) groups is 3. The van der Waals surface area contributed by atoms with Crippen LogP contribution in [0.25, 0.3) is 0 Å². The molecule has 4 fully saturated rings. The van der Waals surface area contributed by atoms with Gasteiger partial charge in [0.15, 0.2) is 0 Å². The Kier molecular flexibility index (Phi) is 8.96. The van der Waals surface area contributed by atoms with Crippen LogP contribution in [-0.4, -0.2) is 83.7 Å². The first-order valence-corrected chi connectivity index (χ1v) is 17.6. The number of rotatable bonds is 9. The summed E-state index contributed by atoms with van der Waals surface area (Å²) >= 11 is 1.61. The monoisotopic (exact) mass is 608 g/mol. The van der Waals surface area contributed by atoms with Gasteiger partial charge in [-0.1, -0.05) is 51.8 Å². The standard InChI is InChI=1S/C34H48N4O4S/c1-21-9-7-16-37(20-21)17-8-18-38-30(32(40)36-26-13-5-10-22(2)23(26)3)34-15-14-27(42-34)28(29(34)33(38)41)31(39)35-24-11-6-12-25(19-24)43-4/h6,11-12,14-15,19,21-23,26-30H,5,7-10,13,16-18,20H2,1-4H3,(H,35,39)(H,36,40)/t21?,22?,23?,26?,27-,28?,29-,30?,34?/m1/s1. The maximum atomic E-state index is 14.3. The lowest BCUT2D eigenvalue weighted by Gasteiger charge is -2.38. The van der Waals surface area contributed by atoms with Crippen LogP contribution in [0.3, 0.4) is 0 Å². The Morgan fingerprint density at radius 2 is 1.93 bits per heavy atom. The molecule has 7 unspecified atom stereocenters. The van der Waals surface area contributed by atoms with E-state index in [1.165, 1.54) is 19.3 Å². The summed E-state index contributed by atoms with van der Waals surface area (Å²) in [4.78, 5) is 47.7. The SMILES string of the molecule is CSc1cccc(NC(=O)C2[C@H]3C=CC4(O3)C(C(=O)NC3CCCC(C)C3C)N(CCCN3CCCC(C)C3)C(=O)[C@@H]24)c1. The fourth-order valence-corrected chi connectivity index (χ4v) is 8.90. The molecule has 2 N–H and O–H groups in total. The molecular formula is C34H48N4O4S. The van der Waals surface area contributed by atoms with E-state index in [1.807, 2.05) is 42.7 Å². The Hall–Kier alpha value is -2.36. The number of anilines is 1. The Bertz CT molecular complexity index is 1260. The summed E-state index contributed by atoms with van der Waals surface area (Å²) in [6.07, 6.45) is 11.7. The molecule has 1 saturated carbocycles. The second-order valence-electron chi connectivity index (χ2n) is 13.7. The highest BCUT2D eigenvalue weighted by molar-refractivity contribution is 7.98. The van der Waals surface area contributed by atoms with Crippen LogP contribution in [0.5, 0.6) is 0 Å². The number of hydrogen-bond donors (Lipinski definition) is 2. The third kappa shape index (κ3) is 5.77. The zero-order valence-electron chi connectivity index (χ0n) is 26.1. The number of nitrogens with one attached hydrogen (secondary N) is 2. The highest BCUT2D eigenvalue weighted by Crippen LogP contribution is 2.55. The van der Waals surface area contributed by atoms with Crippen molar-refractivity contribution >= 4 is 35.2 Å². The number of fused-ring (bicyclic) bond motifs is 1. The summed E-state index contributed by atoms with van der Waals surface area (Å²) in [6.45, 7) is 10.3. The number of carbonyl (C=O) groups excluding carboxylic acids is 3. The fourth-order valence-electron chi connectivity index (χ4n) is 8.44. The first kappa shape index (κ1) is 30.7. The van der Waals surface area contributed by atoms with Crippen LogP contribution in [0.2, 0.25) is 0 Å². The van der Waals surface area contributed by atoms with E-state index in [2.05, 4.69) is 36.3 Å². The number of likely N-dealkylation sites (tertiary alicyclic amines) is 2. The summed E-state index contributed by atoms with van der Waals surface area (Å²) in [6, 6.07) is 7.01. The molecule has 9 heteroatoms. The molecular weight excluding hydrogens is 560 g/mol. The van der Waals surface area contributed by atoms with Crippen molar-refractivity contribution in [2.24, 2.45) is 29.6 Å². The number of ether oxygens (including phenoxy) is 1. The van der Waals surface area contributed by atoms with Gasteiger partial charge in [0.25, 0.3) is 0 Å². The first-order chi connectivity index (χ1) is 20.7. The minimum Gasteiger partial charge on any atom is -0.359 e. The molecule has 0 radical (unpaired) electrons. The number of piperidine rings is 1. The lowest BCUT2D eigenvalue weighted by molar-refractivity contribution is -0.141. The van der Waals surface area contributed by atoms with Crippen molar-refractivity contribution in [2.75, 3.05) is 37.8 Å². The Morgan fingerprint density at radius 3 is 2.72 bits per heavy atom. The van der Waals surface area contributed by atoms with Gasteiger partial charge in [-0.15, -0.1) is 11.8 Å². The molecule has 2 bridgehead atoms. The maximum Gasteiger partial charge on any atom is 0.246 e. The molecule has 1 spiro atoms. The summed E-state index contributed by atoms with van der Waals surface area (Å²) in [7, 11) is 0. The molecule has 1 aromatic rings. The smallest absolute Gasteiger partial charge is 0.246 e. The van der Waals surface area contributed by atoms with E-state index in [0.717, 1.165) is 43.8 Å².